The highest BCUT2D eigenvalue weighted by Gasteiger charge is 2.15. The Morgan fingerprint density at radius 1 is 1.37 bits per heavy atom. The normalized spacial score (nSPS) is 10.3. The SMILES string of the molecule is CCCCN(CCO)C(=O)Nc1cccc(F)c1F. The fraction of sp³-hybridized carbons (Fsp3) is 0.462. The fourth-order valence-corrected chi connectivity index (χ4v) is 1.58. The highest BCUT2D eigenvalue weighted by Crippen LogP contribution is 2.17. The quantitative estimate of drug-likeness (QED) is 0.836. The van der Waals surface area contributed by atoms with Crippen molar-refractivity contribution >= 4 is 11.7 Å². The number of urea groups is 1. The lowest BCUT2D eigenvalue weighted by Crippen LogP contribution is -2.38. The summed E-state index contributed by atoms with van der Waals surface area (Å²) in [5.41, 5.74) is -0.204. The summed E-state index contributed by atoms with van der Waals surface area (Å²) in [6.07, 6.45) is 1.67. The van der Waals surface area contributed by atoms with E-state index in [2.05, 4.69) is 5.32 Å². The predicted octanol–water partition coefficient (Wildman–Crippen LogP) is 2.59. The molecule has 0 unspecified atom stereocenters. The molecule has 0 aliphatic rings. The number of aliphatic hydroxyl groups excluding tert-OH is 1. The van der Waals surface area contributed by atoms with Crippen LogP contribution in [0.1, 0.15) is 19.8 Å². The van der Waals surface area contributed by atoms with Crippen LogP contribution in [0.3, 0.4) is 0 Å². The van der Waals surface area contributed by atoms with Gasteiger partial charge in [0.25, 0.3) is 0 Å². The zero-order valence-electron chi connectivity index (χ0n) is 10.8. The second-order valence-corrected chi connectivity index (χ2v) is 4.10. The summed E-state index contributed by atoms with van der Waals surface area (Å²) in [5.74, 6) is -2.10. The molecule has 0 atom stereocenters. The number of amides is 2. The van der Waals surface area contributed by atoms with Gasteiger partial charge < -0.3 is 15.3 Å². The van der Waals surface area contributed by atoms with Crippen LogP contribution in [0.25, 0.3) is 0 Å². The van der Waals surface area contributed by atoms with Crippen LogP contribution in [0, 0.1) is 11.6 Å². The van der Waals surface area contributed by atoms with Crippen LogP contribution >= 0.6 is 0 Å². The lowest BCUT2D eigenvalue weighted by atomic mass is 10.3. The first-order chi connectivity index (χ1) is 9.10. The molecule has 106 valence electrons. The molecule has 19 heavy (non-hydrogen) atoms. The first kappa shape index (κ1) is 15.4. The molecule has 0 radical (unpaired) electrons. The molecule has 0 aliphatic carbocycles. The van der Waals surface area contributed by atoms with Gasteiger partial charge in [-0.2, -0.15) is 0 Å². The molecule has 6 heteroatoms. The van der Waals surface area contributed by atoms with E-state index in [1.165, 1.54) is 17.0 Å². The largest absolute Gasteiger partial charge is 0.395 e. The summed E-state index contributed by atoms with van der Waals surface area (Å²) in [5, 5.41) is 11.2. The van der Waals surface area contributed by atoms with Gasteiger partial charge in [-0.1, -0.05) is 19.4 Å². The number of hydrogen-bond acceptors (Lipinski definition) is 2. The van der Waals surface area contributed by atoms with Gasteiger partial charge in [0.15, 0.2) is 11.6 Å². The molecule has 2 amide bonds. The van der Waals surface area contributed by atoms with Crippen LogP contribution in [0.5, 0.6) is 0 Å². The molecule has 0 bridgehead atoms. The number of rotatable bonds is 6. The molecule has 4 nitrogen and oxygen atoms in total. The highest BCUT2D eigenvalue weighted by molar-refractivity contribution is 5.89. The minimum Gasteiger partial charge on any atom is -0.395 e. The molecule has 0 saturated heterocycles. The molecule has 0 saturated carbocycles. The summed E-state index contributed by atoms with van der Waals surface area (Å²) < 4.78 is 26.4. The average molecular weight is 272 g/mol. The van der Waals surface area contributed by atoms with Gasteiger partial charge in [-0.05, 0) is 18.6 Å². The number of halogens is 2. The van der Waals surface area contributed by atoms with Crippen molar-refractivity contribution in [1.29, 1.82) is 0 Å². The van der Waals surface area contributed by atoms with E-state index in [1.54, 1.807) is 0 Å². The topological polar surface area (TPSA) is 52.6 Å². The number of carbonyl (C=O) groups excluding carboxylic acids is 1. The number of nitrogens with one attached hydrogen (secondary N) is 1. The standard InChI is InChI=1S/C13H18F2N2O2/c1-2-3-7-17(8-9-18)13(19)16-11-6-4-5-10(14)12(11)15/h4-6,18H,2-3,7-9H2,1H3,(H,16,19). The smallest absolute Gasteiger partial charge is 0.322 e. The molecule has 0 fully saturated rings. The minimum atomic E-state index is -1.09. The van der Waals surface area contributed by atoms with E-state index in [9.17, 15) is 13.6 Å². The Balaban J connectivity index is 2.72. The third-order valence-electron chi connectivity index (χ3n) is 2.63. The Morgan fingerprint density at radius 3 is 2.74 bits per heavy atom. The highest BCUT2D eigenvalue weighted by atomic mass is 19.2. The van der Waals surface area contributed by atoms with Gasteiger partial charge in [0.1, 0.15) is 0 Å². The Labute approximate surface area is 111 Å². The molecule has 0 aromatic heterocycles. The number of unbranched alkanes of at least 4 members (excludes halogenated alkanes) is 1. The Bertz CT molecular complexity index is 427. The van der Waals surface area contributed by atoms with Gasteiger partial charge in [-0.25, -0.2) is 13.6 Å². The van der Waals surface area contributed by atoms with Crippen LogP contribution in [0.4, 0.5) is 19.3 Å². The fourth-order valence-electron chi connectivity index (χ4n) is 1.58. The number of hydrogen-bond donors (Lipinski definition) is 2. The summed E-state index contributed by atoms with van der Waals surface area (Å²) in [6, 6.07) is 3.03. The maximum atomic E-state index is 13.4. The Morgan fingerprint density at radius 2 is 2.11 bits per heavy atom. The number of benzene rings is 1. The van der Waals surface area contributed by atoms with E-state index in [4.69, 9.17) is 5.11 Å². The van der Waals surface area contributed by atoms with Crippen LogP contribution in [0.15, 0.2) is 18.2 Å². The Hall–Kier alpha value is -1.69. The molecule has 1 rings (SSSR count). The minimum absolute atomic E-state index is 0.156. The van der Waals surface area contributed by atoms with Crippen LogP contribution in [-0.2, 0) is 0 Å². The summed E-state index contributed by atoms with van der Waals surface area (Å²) in [7, 11) is 0. The second kappa shape index (κ2) is 7.68. The first-order valence-corrected chi connectivity index (χ1v) is 6.21. The van der Waals surface area contributed by atoms with E-state index in [1.807, 2.05) is 6.92 Å². The second-order valence-electron chi connectivity index (χ2n) is 4.10. The van der Waals surface area contributed by atoms with Crippen molar-refractivity contribution in [3.63, 3.8) is 0 Å². The van der Waals surface area contributed by atoms with Crippen molar-refractivity contribution in [3.05, 3.63) is 29.8 Å². The summed E-state index contributed by atoms with van der Waals surface area (Å²) in [4.78, 5) is 13.3. The molecular weight excluding hydrogens is 254 g/mol. The molecular formula is C13H18F2N2O2. The number of anilines is 1. The summed E-state index contributed by atoms with van der Waals surface area (Å²) >= 11 is 0. The third-order valence-corrected chi connectivity index (χ3v) is 2.63. The van der Waals surface area contributed by atoms with Crippen LogP contribution in [-0.4, -0.2) is 35.7 Å². The van der Waals surface area contributed by atoms with Crippen LogP contribution < -0.4 is 5.32 Å². The first-order valence-electron chi connectivity index (χ1n) is 6.21. The number of nitrogens with zero attached hydrogens (tertiary/aromatic N) is 1. The summed E-state index contributed by atoms with van der Waals surface area (Å²) in [6.45, 7) is 2.41. The van der Waals surface area contributed by atoms with Gasteiger partial charge in [0.05, 0.1) is 12.3 Å². The lowest BCUT2D eigenvalue weighted by molar-refractivity contribution is 0.187. The zero-order chi connectivity index (χ0) is 14.3. The van der Waals surface area contributed by atoms with E-state index in [-0.39, 0.29) is 18.8 Å². The van der Waals surface area contributed by atoms with Gasteiger partial charge in [-0.3, -0.25) is 0 Å². The Kier molecular flexibility index (Phi) is 6.21. The lowest BCUT2D eigenvalue weighted by Gasteiger charge is -2.22. The number of carbonyl (C=O) groups is 1. The van der Waals surface area contributed by atoms with E-state index in [0.29, 0.717) is 6.54 Å². The van der Waals surface area contributed by atoms with Crippen LogP contribution in [0.2, 0.25) is 0 Å². The van der Waals surface area contributed by atoms with Crippen molar-refractivity contribution in [2.45, 2.75) is 19.8 Å². The monoisotopic (exact) mass is 272 g/mol. The molecule has 1 aromatic rings. The molecule has 2 N–H and O–H groups in total. The van der Waals surface area contributed by atoms with E-state index < -0.39 is 17.7 Å². The van der Waals surface area contributed by atoms with Gasteiger partial charge in [-0.15, -0.1) is 0 Å². The van der Waals surface area contributed by atoms with Crippen molar-refractivity contribution < 1.29 is 18.7 Å². The number of aliphatic hydroxyl groups is 1. The zero-order valence-corrected chi connectivity index (χ0v) is 10.8. The van der Waals surface area contributed by atoms with Crippen molar-refractivity contribution in [1.82, 2.24) is 4.90 Å². The molecule has 0 spiro atoms. The predicted molar refractivity (Wildman–Crippen MR) is 68.9 cm³/mol. The molecule has 0 heterocycles. The van der Waals surface area contributed by atoms with E-state index in [0.717, 1.165) is 18.9 Å². The van der Waals surface area contributed by atoms with Gasteiger partial charge in [0, 0.05) is 13.1 Å². The maximum absolute atomic E-state index is 13.4. The van der Waals surface area contributed by atoms with Gasteiger partial charge >= 0.3 is 6.03 Å². The van der Waals surface area contributed by atoms with E-state index >= 15 is 0 Å². The molecule has 1 aromatic carbocycles. The maximum Gasteiger partial charge on any atom is 0.322 e. The van der Waals surface area contributed by atoms with Crippen molar-refractivity contribution in [2.24, 2.45) is 0 Å². The third kappa shape index (κ3) is 4.48. The van der Waals surface area contributed by atoms with Crippen molar-refractivity contribution in [3.8, 4) is 0 Å². The van der Waals surface area contributed by atoms with Crippen molar-refractivity contribution in [2.75, 3.05) is 25.0 Å². The average Bonchev–Trinajstić information content (AvgIpc) is 2.39. The molecule has 0 aliphatic heterocycles. The van der Waals surface area contributed by atoms with Gasteiger partial charge in [0.2, 0.25) is 0 Å².